The van der Waals surface area contributed by atoms with Crippen LogP contribution in [0.3, 0.4) is 0 Å². The smallest absolute Gasteiger partial charge is 0.0234 e. The fraction of sp³-hybridized carbons (Fsp3) is 0.625. The fourth-order valence-corrected chi connectivity index (χ4v) is 2.96. The number of likely N-dealkylation sites (N-methyl/N-ethyl adjacent to an activating group) is 2. The first-order valence-electron chi connectivity index (χ1n) is 7.30. The molecule has 1 aromatic rings. The number of hydrogen-bond acceptors (Lipinski definition) is 3. The lowest BCUT2D eigenvalue weighted by Crippen LogP contribution is -2.44. The number of hydrogen-bond donors (Lipinski definition) is 1. The zero-order valence-electron chi connectivity index (χ0n) is 12.5. The molecule has 3 heteroatoms. The van der Waals surface area contributed by atoms with Crippen LogP contribution in [0.15, 0.2) is 24.3 Å². The molecule has 0 amide bonds. The van der Waals surface area contributed by atoms with Gasteiger partial charge in [-0.1, -0.05) is 24.3 Å². The van der Waals surface area contributed by atoms with E-state index in [-0.39, 0.29) is 0 Å². The van der Waals surface area contributed by atoms with Crippen LogP contribution in [0.2, 0.25) is 0 Å². The maximum absolute atomic E-state index is 3.21. The first-order chi connectivity index (χ1) is 9.19. The summed E-state index contributed by atoms with van der Waals surface area (Å²) in [5, 5.41) is 3.21. The summed E-state index contributed by atoms with van der Waals surface area (Å²) < 4.78 is 0. The normalized spacial score (nSPS) is 20.9. The average Bonchev–Trinajstić information content (AvgIpc) is 2.39. The molecule has 0 aliphatic carbocycles. The van der Waals surface area contributed by atoms with Gasteiger partial charge in [0.15, 0.2) is 0 Å². The van der Waals surface area contributed by atoms with Crippen molar-refractivity contribution in [3.8, 4) is 0 Å². The lowest BCUT2D eigenvalue weighted by atomic mass is 10.0. The topological polar surface area (TPSA) is 18.5 Å². The van der Waals surface area contributed by atoms with E-state index in [1.807, 2.05) is 7.05 Å². The van der Waals surface area contributed by atoms with Crippen molar-refractivity contribution in [2.45, 2.75) is 32.0 Å². The van der Waals surface area contributed by atoms with Gasteiger partial charge >= 0.3 is 0 Å². The number of benzene rings is 1. The molecular weight excluding hydrogens is 234 g/mol. The number of nitrogens with zero attached hydrogens (tertiary/aromatic N) is 2. The Hall–Kier alpha value is -0.900. The van der Waals surface area contributed by atoms with E-state index in [1.165, 1.54) is 37.1 Å². The summed E-state index contributed by atoms with van der Waals surface area (Å²) in [5.74, 6) is 0. The highest BCUT2D eigenvalue weighted by molar-refractivity contribution is 5.23. The van der Waals surface area contributed by atoms with E-state index in [2.05, 4.69) is 53.5 Å². The molecule has 0 aromatic heterocycles. The number of likely N-dealkylation sites (tertiary alicyclic amines) is 1. The van der Waals surface area contributed by atoms with Crippen molar-refractivity contribution >= 4 is 0 Å². The van der Waals surface area contributed by atoms with Gasteiger partial charge in [0.2, 0.25) is 0 Å². The van der Waals surface area contributed by atoms with E-state index in [0.717, 1.165) is 13.1 Å². The van der Waals surface area contributed by atoms with Crippen molar-refractivity contribution in [1.29, 1.82) is 0 Å². The Morgan fingerprint density at radius 2 is 2.16 bits per heavy atom. The number of nitrogens with one attached hydrogen (secondary N) is 1. The van der Waals surface area contributed by atoms with Crippen LogP contribution in [0.5, 0.6) is 0 Å². The molecule has 1 aliphatic heterocycles. The van der Waals surface area contributed by atoms with Crippen molar-refractivity contribution in [2.24, 2.45) is 0 Å². The Morgan fingerprint density at radius 3 is 2.89 bits per heavy atom. The zero-order chi connectivity index (χ0) is 13.7. The molecule has 1 fully saturated rings. The largest absolute Gasteiger partial charge is 0.316 e. The van der Waals surface area contributed by atoms with Crippen molar-refractivity contribution in [1.82, 2.24) is 15.1 Å². The third-order valence-electron chi connectivity index (χ3n) is 4.03. The summed E-state index contributed by atoms with van der Waals surface area (Å²) in [7, 11) is 6.48. The van der Waals surface area contributed by atoms with Crippen LogP contribution in [0.4, 0.5) is 0 Å². The lowest BCUT2D eigenvalue weighted by molar-refractivity contribution is 0.129. The van der Waals surface area contributed by atoms with Gasteiger partial charge in [-0.15, -0.1) is 0 Å². The van der Waals surface area contributed by atoms with Crippen LogP contribution in [-0.4, -0.2) is 50.1 Å². The Labute approximate surface area is 117 Å². The Balaban J connectivity index is 1.94. The summed E-state index contributed by atoms with van der Waals surface area (Å²) >= 11 is 0. The second kappa shape index (κ2) is 7.04. The molecule has 0 bridgehead atoms. The molecule has 3 nitrogen and oxygen atoms in total. The highest BCUT2D eigenvalue weighted by Crippen LogP contribution is 2.16. The maximum Gasteiger partial charge on any atom is 0.0234 e. The highest BCUT2D eigenvalue weighted by Gasteiger charge is 2.20. The van der Waals surface area contributed by atoms with Gasteiger partial charge < -0.3 is 10.2 Å². The van der Waals surface area contributed by atoms with E-state index in [1.54, 1.807) is 0 Å². The van der Waals surface area contributed by atoms with Gasteiger partial charge in [-0.25, -0.2) is 0 Å². The standard InChI is InChI=1S/C16H27N3/c1-17-11-14-6-4-7-15(10-14)12-19(3)16-8-5-9-18(2)13-16/h4,6-7,10,16-17H,5,8-9,11-13H2,1-3H3. The van der Waals surface area contributed by atoms with Crippen molar-refractivity contribution in [3.05, 3.63) is 35.4 Å². The molecule has 0 saturated carbocycles. The van der Waals surface area contributed by atoms with Gasteiger partial charge in [-0.05, 0) is 51.7 Å². The molecule has 106 valence electrons. The Bertz CT molecular complexity index is 391. The summed E-state index contributed by atoms with van der Waals surface area (Å²) in [6.45, 7) is 4.45. The molecule has 1 saturated heterocycles. The average molecular weight is 261 g/mol. The second-order valence-electron chi connectivity index (χ2n) is 5.82. The van der Waals surface area contributed by atoms with Crippen molar-refractivity contribution in [3.63, 3.8) is 0 Å². The monoisotopic (exact) mass is 261 g/mol. The molecule has 1 heterocycles. The van der Waals surface area contributed by atoms with E-state index < -0.39 is 0 Å². The van der Waals surface area contributed by atoms with Gasteiger partial charge in [0.05, 0.1) is 0 Å². The summed E-state index contributed by atoms with van der Waals surface area (Å²) in [6, 6.07) is 9.62. The number of rotatable bonds is 5. The van der Waals surface area contributed by atoms with E-state index >= 15 is 0 Å². The van der Waals surface area contributed by atoms with Crippen LogP contribution in [0, 0.1) is 0 Å². The predicted octanol–water partition coefficient (Wildman–Crippen LogP) is 1.93. The Morgan fingerprint density at radius 1 is 1.37 bits per heavy atom. The molecule has 0 radical (unpaired) electrons. The molecule has 1 unspecified atom stereocenters. The molecule has 0 spiro atoms. The molecule has 1 aromatic carbocycles. The summed E-state index contributed by atoms with van der Waals surface area (Å²) in [5.41, 5.74) is 2.79. The van der Waals surface area contributed by atoms with Crippen molar-refractivity contribution < 1.29 is 0 Å². The van der Waals surface area contributed by atoms with Crippen LogP contribution in [0.25, 0.3) is 0 Å². The summed E-state index contributed by atoms with van der Waals surface area (Å²) in [6.07, 6.45) is 2.66. The first-order valence-corrected chi connectivity index (χ1v) is 7.30. The maximum atomic E-state index is 3.21. The first kappa shape index (κ1) is 14.5. The minimum Gasteiger partial charge on any atom is -0.316 e. The SMILES string of the molecule is CNCc1cccc(CN(C)C2CCCN(C)C2)c1. The molecular formula is C16H27N3. The van der Waals surface area contributed by atoms with Gasteiger partial charge in [-0.3, -0.25) is 4.90 Å². The molecule has 2 rings (SSSR count). The van der Waals surface area contributed by atoms with Crippen molar-refractivity contribution in [2.75, 3.05) is 34.2 Å². The quantitative estimate of drug-likeness (QED) is 0.874. The van der Waals surface area contributed by atoms with Crippen LogP contribution in [-0.2, 0) is 13.1 Å². The molecule has 1 atom stereocenters. The van der Waals surface area contributed by atoms with E-state index in [0.29, 0.717) is 6.04 Å². The Kier molecular flexibility index (Phi) is 5.37. The number of piperidine rings is 1. The summed E-state index contributed by atoms with van der Waals surface area (Å²) in [4.78, 5) is 4.95. The molecule has 1 N–H and O–H groups in total. The van der Waals surface area contributed by atoms with Gasteiger partial charge in [0.25, 0.3) is 0 Å². The van der Waals surface area contributed by atoms with E-state index in [4.69, 9.17) is 0 Å². The lowest BCUT2D eigenvalue weighted by Gasteiger charge is -2.36. The van der Waals surface area contributed by atoms with Gasteiger partial charge in [-0.2, -0.15) is 0 Å². The molecule has 19 heavy (non-hydrogen) atoms. The third-order valence-corrected chi connectivity index (χ3v) is 4.03. The fourth-order valence-electron chi connectivity index (χ4n) is 2.96. The van der Waals surface area contributed by atoms with Crippen LogP contribution in [0.1, 0.15) is 24.0 Å². The molecule has 1 aliphatic rings. The zero-order valence-corrected chi connectivity index (χ0v) is 12.5. The minimum absolute atomic E-state index is 0.701. The van der Waals surface area contributed by atoms with Crippen LogP contribution < -0.4 is 5.32 Å². The minimum atomic E-state index is 0.701. The van der Waals surface area contributed by atoms with Gasteiger partial charge in [0, 0.05) is 25.7 Å². The second-order valence-corrected chi connectivity index (χ2v) is 5.82. The predicted molar refractivity (Wildman–Crippen MR) is 81.2 cm³/mol. The van der Waals surface area contributed by atoms with Gasteiger partial charge in [0.1, 0.15) is 0 Å². The van der Waals surface area contributed by atoms with Crippen LogP contribution >= 0.6 is 0 Å². The van der Waals surface area contributed by atoms with E-state index in [9.17, 15) is 0 Å². The third kappa shape index (κ3) is 4.30. The highest BCUT2D eigenvalue weighted by atomic mass is 15.2.